The Morgan fingerprint density at radius 3 is 2.56 bits per heavy atom. The molecule has 0 unspecified atom stereocenters. The minimum atomic E-state index is -0.0246. The highest BCUT2D eigenvalue weighted by atomic mass is 16.7. The van der Waals surface area contributed by atoms with Crippen LogP contribution in [0.3, 0.4) is 0 Å². The first-order valence-electron chi connectivity index (χ1n) is 12.4. The molecule has 2 aromatic carbocycles. The number of carbonyl (C=O) groups excluding carboxylic acids is 1. The van der Waals surface area contributed by atoms with Crippen LogP contribution in [0, 0.1) is 5.41 Å². The highest BCUT2D eigenvalue weighted by Crippen LogP contribution is 2.37. The molecule has 7 heteroatoms. The molecule has 0 atom stereocenters. The van der Waals surface area contributed by atoms with E-state index in [1.54, 1.807) is 18.2 Å². The molecule has 1 saturated heterocycles. The Morgan fingerprint density at radius 2 is 1.71 bits per heavy atom. The Labute approximate surface area is 201 Å². The van der Waals surface area contributed by atoms with Crippen molar-refractivity contribution in [3.05, 3.63) is 53.6 Å². The van der Waals surface area contributed by atoms with Gasteiger partial charge in [-0.1, -0.05) is 24.6 Å². The number of piperidine rings is 1. The number of ether oxygens (including phenoxy) is 3. The lowest BCUT2D eigenvalue weighted by Crippen LogP contribution is -2.41. The Balaban J connectivity index is 1.35. The van der Waals surface area contributed by atoms with Crippen LogP contribution in [-0.2, 0) is 6.54 Å². The Morgan fingerprint density at radius 1 is 0.882 bits per heavy atom. The molecular formula is C27H34N2O5. The molecule has 1 N–H and O–H groups in total. The van der Waals surface area contributed by atoms with Gasteiger partial charge in [0.2, 0.25) is 6.79 Å². The minimum Gasteiger partial charge on any atom is -0.491 e. The SMILES string of the molecule is O=C(c1ccc2c(c1)OCO2)N1CCCCC2(CO)CCN(CC2)Cc2ccccc2OCC1. The number of para-hydroxylation sites is 1. The maximum absolute atomic E-state index is 13.4. The molecule has 2 aromatic rings. The summed E-state index contributed by atoms with van der Waals surface area (Å²) in [6.45, 7) is 4.86. The number of rotatable bonds is 2. The first kappa shape index (κ1) is 23.0. The van der Waals surface area contributed by atoms with Crippen LogP contribution in [0.4, 0.5) is 0 Å². The van der Waals surface area contributed by atoms with Crippen LogP contribution < -0.4 is 14.2 Å². The van der Waals surface area contributed by atoms with E-state index in [2.05, 4.69) is 11.0 Å². The molecule has 2 bridgehead atoms. The summed E-state index contributed by atoms with van der Waals surface area (Å²) < 4.78 is 17.1. The monoisotopic (exact) mass is 466 g/mol. The van der Waals surface area contributed by atoms with Crippen molar-refractivity contribution >= 4 is 5.91 Å². The van der Waals surface area contributed by atoms with Gasteiger partial charge in [-0.2, -0.15) is 0 Å². The summed E-state index contributed by atoms with van der Waals surface area (Å²) in [6, 6.07) is 13.5. The lowest BCUT2D eigenvalue weighted by Gasteiger charge is -2.41. The first-order valence-corrected chi connectivity index (χ1v) is 12.4. The molecule has 4 aliphatic heterocycles. The fraction of sp³-hybridized carbons (Fsp3) is 0.519. The van der Waals surface area contributed by atoms with Crippen LogP contribution in [-0.4, -0.2) is 67.0 Å². The van der Waals surface area contributed by atoms with Crippen LogP contribution in [0.25, 0.3) is 0 Å². The molecule has 34 heavy (non-hydrogen) atoms. The molecule has 6 rings (SSSR count). The average molecular weight is 467 g/mol. The number of hydrogen-bond donors (Lipinski definition) is 1. The molecule has 0 spiro atoms. The number of benzene rings is 2. The second kappa shape index (κ2) is 10.2. The molecule has 1 fully saturated rings. The van der Waals surface area contributed by atoms with E-state index >= 15 is 0 Å². The van der Waals surface area contributed by atoms with E-state index in [9.17, 15) is 9.90 Å². The van der Waals surface area contributed by atoms with Gasteiger partial charge >= 0.3 is 0 Å². The van der Waals surface area contributed by atoms with E-state index < -0.39 is 0 Å². The van der Waals surface area contributed by atoms with Crippen molar-refractivity contribution in [2.45, 2.75) is 38.6 Å². The molecule has 0 saturated carbocycles. The van der Waals surface area contributed by atoms with Crippen molar-refractivity contribution in [2.75, 3.05) is 46.2 Å². The first-order chi connectivity index (χ1) is 16.7. The zero-order valence-electron chi connectivity index (χ0n) is 19.7. The normalized spacial score (nSPS) is 25.1. The molecule has 0 aromatic heterocycles. The molecule has 182 valence electrons. The summed E-state index contributed by atoms with van der Waals surface area (Å²) in [5, 5.41) is 10.2. The molecule has 7 nitrogen and oxygen atoms in total. The molecule has 4 heterocycles. The number of aliphatic hydroxyl groups excluding tert-OH is 1. The number of aliphatic hydroxyl groups is 1. The van der Waals surface area contributed by atoms with Gasteiger partial charge in [0.25, 0.3) is 5.91 Å². The van der Waals surface area contributed by atoms with Crippen molar-refractivity contribution in [3.8, 4) is 17.2 Å². The Kier molecular flexibility index (Phi) is 6.92. The zero-order valence-corrected chi connectivity index (χ0v) is 19.7. The standard InChI is InChI=1S/C27H34N2O5/c30-19-27-9-3-4-12-29(26(31)21-7-8-24-25(17-21)34-20-33-24)15-16-32-23-6-2-1-5-22(23)18-28(13-10-27)14-11-27/h1-2,5-8,17,30H,3-4,9-16,18-20H2. The third-order valence-corrected chi connectivity index (χ3v) is 7.53. The summed E-state index contributed by atoms with van der Waals surface area (Å²) in [5.74, 6) is 2.15. The van der Waals surface area contributed by atoms with Gasteiger partial charge < -0.3 is 24.2 Å². The van der Waals surface area contributed by atoms with Crippen LogP contribution in [0.5, 0.6) is 17.2 Å². The fourth-order valence-corrected chi connectivity index (χ4v) is 5.28. The quantitative estimate of drug-likeness (QED) is 0.728. The molecular weight excluding hydrogens is 432 g/mol. The van der Waals surface area contributed by atoms with E-state index in [1.807, 2.05) is 23.1 Å². The second-order valence-corrected chi connectivity index (χ2v) is 9.71. The summed E-state index contributed by atoms with van der Waals surface area (Å²) in [4.78, 5) is 17.8. The van der Waals surface area contributed by atoms with E-state index in [-0.39, 0.29) is 24.7 Å². The maximum atomic E-state index is 13.4. The minimum absolute atomic E-state index is 0.00113. The van der Waals surface area contributed by atoms with Gasteiger partial charge in [-0.05, 0) is 68.5 Å². The molecule has 0 aliphatic carbocycles. The summed E-state index contributed by atoms with van der Waals surface area (Å²) in [7, 11) is 0. The van der Waals surface area contributed by atoms with Gasteiger partial charge in [0.15, 0.2) is 11.5 Å². The van der Waals surface area contributed by atoms with Crippen LogP contribution in [0.2, 0.25) is 0 Å². The fourth-order valence-electron chi connectivity index (χ4n) is 5.28. The molecule has 0 radical (unpaired) electrons. The topological polar surface area (TPSA) is 71.5 Å². The summed E-state index contributed by atoms with van der Waals surface area (Å²) in [6.07, 6.45) is 4.90. The Hall–Kier alpha value is -2.77. The molecule has 1 amide bonds. The number of carbonyl (C=O) groups is 1. The van der Waals surface area contributed by atoms with Crippen molar-refractivity contribution in [1.29, 1.82) is 0 Å². The van der Waals surface area contributed by atoms with Crippen LogP contribution >= 0.6 is 0 Å². The third-order valence-electron chi connectivity index (χ3n) is 7.53. The smallest absolute Gasteiger partial charge is 0.254 e. The highest BCUT2D eigenvalue weighted by molar-refractivity contribution is 5.95. The Bertz CT molecular complexity index is 1000. The van der Waals surface area contributed by atoms with Gasteiger partial charge in [0, 0.05) is 30.8 Å². The van der Waals surface area contributed by atoms with Gasteiger partial charge in [0.05, 0.1) is 6.54 Å². The van der Waals surface area contributed by atoms with Crippen molar-refractivity contribution < 1.29 is 24.1 Å². The highest BCUT2D eigenvalue weighted by Gasteiger charge is 2.34. The van der Waals surface area contributed by atoms with Crippen molar-refractivity contribution in [2.24, 2.45) is 5.41 Å². The molecule has 4 aliphatic rings. The lowest BCUT2D eigenvalue weighted by molar-refractivity contribution is 0.0319. The van der Waals surface area contributed by atoms with Gasteiger partial charge in [-0.15, -0.1) is 0 Å². The number of amides is 1. The zero-order chi connectivity index (χ0) is 23.4. The summed E-state index contributed by atoms with van der Waals surface area (Å²) >= 11 is 0. The van der Waals surface area contributed by atoms with Crippen molar-refractivity contribution in [1.82, 2.24) is 9.80 Å². The second-order valence-electron chi connectivity index (χ2n) is 9.71. The maximum Gasteiger partial charge on any atom is 0.254 e. The number of hydrogen-bond acceptors (Lipinski definition) is 6. The summed E-state index contributed by atoms with van der Waals surface area (Å²) in [5.41, 5.74) is 1.77. The van der Waals surface area contributed by atoms with Crippen LogP contribution in [0.15, 0.2) is 42.5 Å². The average Bonchev–Trinajstić information content (AvgIpc) is 3.34. The number of nitrogens with zero attached hydrogens (tertiary/aromatic N) is 2. The van der Waals surface area contributed by atoms with Crippen molar-refractivity contribution in [3.63, 3.8) is 0 Å². The predicted molar refractivity (Wildman–Crippen MR) is 128 cm³/mol. The van der Waals surface area contributed by atoms with Gasteiger partial charge in [-0.3, -0.25) is 9.69 Å². The van der Waals surface area contributed by atoms with Gasteiger partial charge in [0.1, 0.15) is 12.4 Å². The third kappa shape index (κ3) is 5.00. The van der Waals surface area contributed by atoms with E-state index in [4.69, 9.17) is 14.2 Å². The van der Waals surface area contributed by atoms with Crippen LogP contribution in [0.1, 0.15) is 48.0 Å². The number of fused-ring (bicyclic) bond motifs is 10. The van der Waals surface area contributed by atoms with Gasteiger partial charge in [-0.25, -0.2) is 0 Å². The predicted octanol–water partition coefficient (Wildman–Crippen LogP) is 3.69. The van der Waals surface area contributed by atoms with E-state index in [0.29, 0.717) is 36.8 Å². The lowest BCUT2D eigenvalue weighted by atomic mass is 9.75. The van der Waals surface area contributed by atoms with E-state index in [0.717, 1.165) is 57.5 Å². The largest absolute Gasteiger partial charge is 0.491 e. The van der Waals surface area contributed by atoms with E-state index in [1.165, 1.54) is 5.56 Å².